The number of carbonyl (C=O) groups is 1. The summed E-state index contributed by atoms with van der Waals surface area (Å²) in [6, 6.07) is 11.8. The fourth-order valence-electron chi connectivity index (χ4n) is 2.62. The van der Waals surface area contributed by atoms with Crippen molar-refractivity contribution >= 4 is 23.3 Å². The highest BCUT2D eigenvalue weighted by Gasteiger charge is 2.36. The molecule has 2 aromatic heterocycles. The van der Waals surface area contributed by atoms with Crippen LogP contribution in [0.4, 0.5) is 5.82 Å². The van der Waals surface area contributed by atoms with Gasteiger partial charge in [0.25, 0.3) is 5.91 Å². The number of nitrogens with one attached hydrogen (secondary N) is 1. The molecule has 23 heavy (non-hydrogen) atoms. The van der Waals surface area contributed by atoms with Gasteiger partial charge in [-0.2, -0.15) is 5.10 Å². The van der Waals surface area contributed by atoms with E-state index in [2.05, 4.69) is 21.8 Å². The summed E-state index contributed by atoms with van der Waals surface area (Å²) in [5.74, 6) is 1.60. The van der Waals surface area contributed by atoms with Crippen LogP contribution in [-0.4, -0.2) is 25.3 Å². The highest BCUT2D eigenvalue weighted by molar-refractivity contribution is 7.07. The number of carbonyl (C=O) groups excluding carboxylic acids is 1. The third kappa shape index (κ3) is 2.75. The Hall–Kier alpha value is -2.54. The van der Waals surface area contributed by atoms with E-state index in [-0.39, 0.29) is 5.91 Å². The number of anilines is 1. The summed E-state index contributed by atoms with van der Waals surface area (Å²) in [6.45, 7) is 2.22. The lowest BCUT2D eigenvalue weighted by atomic mass is 10.2. The van der Waals surface area contributed by atoms with Crippen molar-refractivity contribution in [1.29, 1.82) is 0 Å². The maximum atomic E-state index is 12.3. The number of nitrogens with zero attached hydrogens (tertiary/aromatic N) is 4. The van der Waals surface area contributed by atoms with Gasteiger partial charge in [0.2, 0.25) is 0 Å². The van der Waals surface area contributed by atoms with E-state index in [1.807, 2.05) is 36.4 Å². The molecule has 3 aromatic rings. The average Bonchev–Trinajstić information content (AvgIpc) is 2.99. The number of hydrogen-bond acceptors (Lipinski definition) is 5. The lowest BCUT2D eigenvalue weighted by Crippen LogP contribution is -2.13. The fourth-order valence-corrected chi connectivity index (χ4v) is 3.03. The first-order chi connectivity index (χ1) is 11.2. The van der Waals surface area contributed by atoms with Crippen LogP contribution in [0.1, 0.15) is 34.6 Å². The van der Waals surface area contributed by atoms with Crippen LogP contribution in [0, 0.1) is 5.92 Å². The maximum absolute atomic E-state index is 12.3. The normalized spacial score (nSPS) is 19.5. The molecular weight excluding hydrogens is 310 g/mol. The van der Waals surface area contributed by atoms with Crippen molar-refractivity contribution in [3.05, 3.63) is 53.2 Å². The average molecular weight is 325 g/mol. The quantitative estimate of drug-likeness (QED) is 0.800. The van der Waals surface area contributed by atoms with Crippen molar-refractivity contribution in [1.82, 2.24) is 19.4 Å². The van der Waals surface area contributed by atoms with E-state index in [9.17, 15) is 4.79 Å². The van der Waals surface area contributed by atoms with Crippen molar-refractivity contribution < 1.29 is 4.79 Å². The number of amides is 1. The van der Waals surface area contributed by atoms with Gasteiger partial charge in [0.1, 0.15) is 10.7 Å². The molecule has 0 spiro atoms. The summed E-state index contributed by atoms with van der Waals surface area (Å²) >= 11 is 1.07. The molecule has 1 saturated carbocycles. The zero-order valence-corrected chi connectivity index (χ0v) is 13.3. The van der Waals surface area contributed by atoms with Crippen LogP contribution >= 0.6 is 11.5 Å². The number of rotatable bonds is 4. The predicted octanol–water partition coefficient (Wildman–Crippen LogP) is 3.10. The second-order valence-electron chi connectivity index (χ2n) is 5.76. The Labute approximate surface area is 137 Å². The number of hydrogen-bond donors (Lipinski definition) is 1. The molecule has 1 aliphatic rings. The summed E-state index contributed by atoms with van der Waals surface area (Å²) in [5, 5.41) is 11.3. The third-order valence-corrected chi connectivity index (χ3v) is 4.71. The topological polar surface area (TPSA) is 72.7 Å². The summed E-state index contributed by atoms with van der Waals surface area (Å²) in [6.07, 6.45) is 2.62. The van der Waals surface area contributed by atoms with E-state index < -0.39 is 0 Å². The van der Waals surface area contributed by atoms with Gasteiger partial charge in [-0.15, -0.1) is 5.10 Å². The molecule has 116 valence electrons. The van der Waals surface area contributed by atoms with Gasteiger partial charge in [0.05, 0.1) is 17.6 Å². The standard InChI is InChI=1S/C16H15N5OS/c1-10-7-12(10)13-8-15(18-16(22)14-9-17-20-23-14)21(19-13)11-5-3-2-4-6-11/h2-6,8-10,12H,7H2,1H3,(H,18,22)/t10-,12-/m0/s1. The number of benzene rings is 1. The SMILES string of the molecule is C[C@H]1C[C@@H]1c1cc(NC(=O)c2cnns2)n(-c2ccccc2)n1. The van der Waals surface area contributed by atoms with Crippen LogP contribution in [0.15, 0.2) is 42.6 Å². The summed E-state index contributed by atoms with van der Waals surface area (Å²) < 4.78 is 5.51. The molecule has 1 amide bonds. The molecule has 0 radical (unpaired) electrons. The molecule has 1 fully saturated rings. The molecule has 0 aliphatic heterocycles. The van der Waals surface area contributed by atoms with Gasteiger partial charge >= 0.3 is 0 Å². The van der Waals surface area contributed by atoms with Crippen LogP contribution in [-0.2, 0) is 0 Å². The first-order valence-electron chi connectivity index (χ1n) is 7.46. The third-order valence-electron chi connectivity index (χ3n) is 4.05. The smallest absolute Gasteiger partial charge is 0.270 e. The van der Waals surface area contributed by atoms with E-state index in [1.54, 1.807) is 4.68 Å². The Morgan fingerprint density at radius 1 is 1.35 bits per heavy atom. The largest absolute Gasteiger partial charge is 0.306 e. The van der Waals surface area contributed by atoms with Gasteiger partial charge in [0, 0.05) is 12.0 Å². The Bertz CT molecular complexity index is 828. The lowest BCUT2D eigenvalue weighted by molar-refractivity contribution is 0.102. The monoisotopic (exact) mass is 325 g/mol. The first kappa shape index (κ1) is 14.1. The fraction of sp³-hybridized carbons (Fsp3) is 0.250. The second kappa shape index (κ2) is 5.58. The molecule has 1 aliphatic carbocycles. The molecule has 6 nitrogen and oxygen atoms in total. The highest BCUT2D eigenvalue weighted by Crippen LogP contribution is 2.47. The molecule has 4 rings (SSSR count). The van der Waals surface area contributed by atoms with E-state index in [0.29, 0.717) is 22.5 Å². The number of aromatic nitrogens is 4. The van der Waals surface area contributed by atoms with Crippen LogP contribution in [0.3, 0.4) is 0 Å². The van der Waals surface area contributed by atoms with Crippen molar-refractivity contribution in [3.63, 3.8) is 0 Å². The summed E-state index contributed by atoms with van der Waals surface area (Å²) in [4.78, 5) is 12.8. The van der Waals surface area contributed by atoms with E-state index in [0.717, 1.165) is 29.3 Å². The Morgan fingerprint density at radius 2 is 2.13 bits per heavy atom. The van der Waals surface area contributed by atoms with Crippen molar-refractivity contribution in [2.24, 2.45) is 5.92 Å². The molecule has 2 atom stereocenters. The van der Waals surface area contributed by atoms with Gasteiger partial charge in [-0.3, -0.25) is 4.79 Å². The number of para-hydroxylation sites is 1. The van der Waals surface area contributed by atoms with Crippen LogP contribution in [0.5, 0.6) is 0 Å². The van der Waals surface area contributed by atoms with E-state index >= 15 is 0 Å². The van der Waals surface area contributed by atoms with Gasteiger partial charge in [-0.1, -0.05) is 29.6 Å². The Kier molecular flexibility index (Phi) is 3.42. The minimum Gasteiger partial charge on any atom is -0.306 e. The molecule has 1 aromatic carbocycles. The van der Waals surface area contributed by atoms with Crippen molar-refractivity contribution in [2.75, 3.05) is 5.32 Å². The molecular formula is C16H15N5OS. The highest BCUT2D eigenvalue weighted by atomic mass is 32.1. The zero-order chi connectivity index (χ0) is 15.8. The molecule has 1 N–H and O–H groups in total. The van der Waals surface area contributed by atoms with Gasteiger partial charge < -0.3 is 5.32 Å². The maximum Gasteiger partial charge on any atom is 0.270 e. The van der Waals surface area contributed by atoms with Gasteiger partial charge in [-0.05, 0) is 36.0 Å². The zero-order valence-electron chi connectivity index (χ0n) is 12.5. The van der Waals surface area contributed by atoms with Crippen LogP contribution < -0.4 is 5.32 Å². The molecule has 0 bridgehead atoms. The van der Waals surface area contributed by atoms with Crippen LogP contribution in [0.2, 0.25) is 0 Å². The molecule has 0 saturated heterocycles. The summed E-state index contributed by atoms with van der Waals surface area (Å²) in [7, 11) is 0. The summed E-state index contributed by atoms with van der Waals surface area (Å²) in [5.41, 5.74) is 1.95. The van der Waals surface area contributed by atoms with Gasteiger partial charge in [-0.25, -0.2) is 4.68 Å². The Morgan fingerprint density at radius 3 is 2.78 bits per heavy atom. The van der Waals surface area contributed by atoms with E-state index in [4.69, 9.17) is 5.10 Å². The van der Waals surface area contributed by atoms with Crippen LogP contribution in [0.25, 0.3) is 5.69 Å². The van der Waals surface area contributed by atoms with Crippen molar-refractivity contribution in [3.8, 4) is 5.69 Å². The van der Waals surface area contributed by atoms with Gasteiger partial charge in [0.15, 0.2) is 0 Å². The Balaban J connectivity index is 1.69. The second-order valence-corrected chi connectivity index (χ2v) is 6.54. The predicted molar refractivity (Wildman–Crippen MR) is 87.9 cm³/mol. The minimum absolute atomic E-state index is 0.215. The lowest BCUT2D eigenvalue weighted by Gasteiger charge is -2.07. The molecule has 2 heterocycles. The van der Waals surface area contributed by atoms with Crippen molar-refractivity contribution in [2.45, 2.75) is 19.3 Å². The molecule has 0 unspecified atom stereocenters. The molecule has 7 heteroatoms. The first-order valence-corrected chi connectivity index (χ1v) is 8.24. The van der Waals surface area contributed by atoms with E-state index in [1.165, 1.54) is 6.20 Å². The minimum atomic E-state index is -0.215.